The van der Waals surface area contributed by atoms with Gasteiger partial charge in [-0.25, -0.2) is 0 Å². The van der Waals surface area contributed by atoms with Crippen LogP contribution < -0.4 is 5.32 Å². The fourth-order valence-corrected chi connectivity index (χ4v) is 2.49. The minimum absolute atomic E-state index is 0.160. The Bertz CT molecular complexity index is 328. The maximum absolute atomic E-state index is 11.8. The first-order chi connectivity index (χ1) is 8.82. The van der Waals surface area contributed by atoms with Crippen molar-refractivity contribution in [1.82, 2.24) is 10.2 Å². The molecule has 1 atom stereocenters. The Hall–Kier alpha value is -0.830. The Morgan fingerprint density at radius 3 is 2.68 bits per heavy atom. The van der Waals surface area contributed by atoms with E-state index in [1.807, 2.05) is 20.8 Å². The molecule has 0 saturated carbocycles. The van der Waals surface area contributed by atoms with Crippen molar-refractivity contribution >= 4 is 5.91 Å². The Balaban J connectivity index is 2.29. The van der Waals surface area contributed by atoms with Crippen LogP contribution in [0.5, 0.6) is 0 Å². The average Bonchev–Trinajstić information content (AvgIpc) is 2.72. The number of allylic oxidation sites excluding steroid dienone is 1. The molecule has 1 N–H and O–H groups in total. The van der Waals surface area contributed by atoms with Gasteiger partial charge in [0.1, 0.15) is 0 Å². The first-order valence-electron chi connectivity index (χ1n) is 7.49. The average molecular weight is 266 g/mol. The van der Waals surface area contributed by atoms with Gasteiger partial charge in [-0.2, -0.15) is 0 Å². The molecule has 1 fully saturated rings. The third kappa shape index (κ3) is 5.77. The summed E-state index contributed by atoms with van der Waals surface area (Å²) in [6.45, 7) is 14.4. The molecule has 0 aliphatic carbocycles. The highest BCUT2D eigenvalue weighted by atomic mass is 16.2. The molecule has 0 aromatic rings. The number of hydrogen-bond donors (Lipinski definition) is 1. The second kappa shape index (κ2) is 7.09. The Kier molecular flexibility index (Phi) is 6.05. The lowest BCUT2D eigenvalue weighted by atomic mass is 9.95. The van der Waals surface area contributed by atoms with E-state index in [-0.39, 0.29) is 11.3 Å². The third-order valence-electron chi connectivity index (χ3n) is 3.63. The predicted octanol–water partition coefficient (Wildman–Crippen LogP) is 2.83. The lowest BCUT2D eigenvalue weighted by Gasteiger charge is -2.20. The van der Waals surface area contributed by atoms with Gasteiger partial charge in [-0.05, 0) is 32.2 Å². The molecule has 1 rings (SSSR count). The molecule has 1 aliphatic rings. The standard InChI is InChI=1S/C16H30N2O/c1-6-7-13(2)11-18-9-8-14(12-18)10-17-15(19)16(3,4)5/h7,14H,6,8-12H2,1-5H3,(H,17,19). The summed E-state index contributed by atoms with van der Waals surface area (Å²) in [6.07, 6.45) is 4.61. The van der Waals surface area contributed by atoms with Gasteiger partial charge < -0.3 is 5.32 Å². The van der Waals surface area contributed by atoms with Crippen LogP contribution in [0, 0.1) is 11.3 Å². The van der Waals surface area contributed by atoms with Crippen LogP contribution in [0.4, 0.5) is 0 Å². The summed E-state index contributed by atoms with van der Waals surface area (Å²) < 4.78 is 0. The zero-order valence-electron chi connectivity index (χ0n) is 13.3. The maximum Gasteiger partial charge on any atom is 0.225 e. The van der Waals surface area contributed by atoms with Crippen molar-refractivity contribution in [3.05, 3.63) is 11.6 Å². The molecule has 1 heterocycles. The van der Waals surface area contributed by atoms with Gasteiger partial charge in [0.25, 0.3) is 0 Å². The minimum atomic E-state index is -0.279. The second-order valence-electron chi connectivity index (χ2n) is 6.81. The normalized spacial score (nSPS) is 21.7. The number of carbonyl (C=O) groups excluding carboxylic acids is 1. The highest BCUT2D eigenvalue weighted by Gasteiger charge is 2.25. The highest BCUT2D eigenvalue weighted by Crippen LogP contribution is 2.18. The molecule has 1 unspecified atom stereocenters. The number of likely N-dealkylation sites (tertiary alicyclic amines) is 1. The molecule has 0 spiro atoms. The Morgan fingerprint density at radius 2 is 2.11 bits per heavy atom. The van der Waals surface area contributed by atoms with Crippen LogP contribution in [-0.2, 0) is 4.79 Å². The molecule has 3 heteroatoms. The van der Waals surface area contributed by atoms with E-state index in [1.54, 1.807) is 0 Å². The third-order valence-corrected chi connectivity index (χ3v) is 3.63. The monoisotopic (exact) mass is 266 g/mol. The van der Waals surface area contributed by atoms with Crippen molar-refractivity contribution in [1.29, 1.82) is 0 Å². The summed E-state index contributed by atoms with van der Waals surface area (Å²) in [5.41, 5.74) is 1.18. The van der Waals surface area contributed by atoms with E-state index in [0.717, 1.165) is 32.6 Å². The van der Waals surface area contributed by atoms with Gasteiger partial charge in [0.05, 0.1) is 0 Å². The van der Waals surface area contributed by atoms with Crippen LogP contribution >= 0.6 is 0 Å². The van der Waals surface area contributed by atoms with E-state index in [9.17, 15) is 4.79 Å². The van der Waals surface area contributed by atoms with Crippen LogP contribution in [0.25, 0.3) is 0 Å². The summed E-state index contributed by atoms with van der Waals surface area (Å²) in [5, 5.41) is 3.08. The van der Waals surface area contributed by atoms with Gasteiger partial charge in [-0.15, -0.1) is 0 Å². The zero-order valence-corrected chi connectivity index (χ0v) is 13.3. The fourth-order valence-electron chi connectivity index (χ4n) is 2.49. The SMILES string of the molecule is CCC=C(C)CN1CCC(CNC(=O)C(C)(C)C)C1. The fraction of sp³-hybridized carbons (Fsp3) is 0.812. The lowest BCUT2D eigenvalue weighted by Crippen LogP contribution is -2.38. The number of rotatable bonds is 5. The molecule has 3 nitrogen and oxygen atoms in total. The van der Waals surface area contributed by atoms with E-state index < -0.39 is 0 Å². The van der Waals surface area contributed by atoms with E-state index in [1.165, 1.54) is 12.0 Å². The van der Waals surface area contributed by atoms with Crippen molar-refractivity contribution in [2.75, 3.05) is 26.2 Å². The number of nitrogens with zero attached hydrogens (tertiary/aromatic N) is 1. The largest absolute Gasteiger partial charge is 0.355 e. The molecule has 110 valence electrons. The van der Waals surface area contributed by atoms with Crippen molar-refractivity contribution in [2.45, 2.75) is 47.5 Å². The van der Waals surface area contributed by atoms with Crippen molar-refractivity contribution in [3.8, 4) is 0 Å². The quantitative estimate of drug-likeness (QED) is 0.776. The van der Waals surface area contributed by atoms with E-state index >= 15 is 0 Å². The molecular weight excluding hydrogens is 236 g/mol. The van der Waals surface area contributed by atoms with Crippen molar-refractivity contribution < 1.29 is 4.79 Å². The van der Waals surface area contributed by atoms with Crippen LogP contribution in [-0.4, -0.2) is 37.0 Å². The highest BCUT2D eigenvalue weighted by molar-refractivity contribution is 5.81. The molecule has 0 aromatic carbocycles. The van der Waals surface area contributed by atoms with Gasteiger partial charge >= 0.3 is 0 Å². The zero-order chi connectivity index (χ0) is 14.5. The number of amides is 1. The second-order valence-corrected chi connectivity index (χ2v) is 6.81. The van der Waals surface area contributed by atoms with Crippen LogP contribution in [0.15, 0.2) is 11.6 Å². The summed E-state index contributed by atoms with van der Waals surface area (Å²) in [6, 6.07) is 0. The van der Waals surface area contributed by atoms with Crippen LogP contribution in [0.3, 0.4) is 0 Å². The summed E-state index contributed by atoms with van der Waals surface area (Å²) >= 11 is 0. The van der Waals surface area contributed by atoms with Crippen LogP contribution in [0.1, 0.15) is 47.5 Å². The van der Waals surface area contributed by atoms with Gasteiger partial charge in [0.2, 0.25) is 5.91 Å². The summed E-state index contributed by atoms with van der Waals surface area (Å²) in [5.74, 6) is 0.772. The summed E-state index contributed by atoms with van der Waals surface area (Å²) in [4.78, 5) is 14.3. The van der Waals surface area contributed by atoms with Crippen LogP contribution in [0.2, 0.25) is 0 Å². The molecule has 1 amide bonds. The number of nitrogens with one attached hydrogen (secondary N) is 1. The lowest BCUT2D eigenvalue weighted by molar-refractivity contribution is -0.128. The van der Waals surface area contributed by atoms with Gasteiger partial charge in [0.15, 0.2) is 0 Å². The van der Waals surface area contributed by atoms with Gasteiger partial charge in [0, 0.05) is 25.0 Å². The number of hydrogen-bond acceptors (Lipinski definition) is 2. The minimum Gasteiger partial charge on any atom is -0.355 e. The maximum atomic E-state index is 11.8. The van der Waals surface area contributed by atoms with Gasteiger partial charge in [-0.1, -0.05) is 39.3 Å². The molecule has 1 aliphatic heterocycles. The topological polar surface area (TPSA) is 32.3 Å². The molecule has 1 saturated heterocycles. The van der Waals surface area contributed by atoms with Gasteiger partial charge in [-0.3, -0.25) is 9.69 Å². The van der Waals surface area contributed by atoms with E-state index in [4.69, 9.17) is 0 Å². The Morgan fingerprint density at radius 1 is 1.42 bits per heavy atom. The first-order valence-corrected chi connectivity index (χ1v) is 7.49. The molecule has 19 heavy (non-hydrogen) atoms. The molecule has 0 aromatic heterocycles. The first kappa shape index (κ1) is 16.2. The van der Waals surface area contributed by atoms with Crippen molar-refractivity contribution in [2.24, 2.45) is 11.3 Å². The molecule has 0 bridgehead atoms. The summed E-state index contributed by atoms with van der Waals surface area (Å²) in [7, 11) is 0. The number of carbonyl (C=O) groups is 1. The van der Waals surface area contributed by atoms with E-state index in [2.05, 4.69) is 30.1 Å². The molecular formula is C16H30N2O. The van der Waals surface area contributed by atoms with Crippen molar-refractivity contribution in [3.63, 3.8) is 0 Å². The van der Waals surface area contributed by atoms with E-state index in [0.29, 0.717) is 5.92 Å². The Labute approximate surface area is 118 Å². The molecule has 0 radical (unpaired) electrons. The predicted molar refractivity (Wildman–Crippen MR) is 81.1 cm³/mol. The smallest absolute Gasteiger partial charge is 0.225 e.